The standard InChI is InChI=1S/C26H29Cl2FN4O3/c1-15(2)13-32(14-16(3)4)24-19(28)11-18(33-9-5-6-23(33)25(34)35)12-22(24)31-26(36)30-21-8-7-17(27)10-20(21)29/h5-12,15-16H,13-14H2,1-4H3,(H,34,35)(H2,30,31,36). The maximum absolute atomic E-state index is 14.3. The van der Waals surface area contributed by atoms with Crippen LogP contribution in [0.15, 0.2) is 48.7 Å². The van der Waals surface area contributed by atoms with Crippen LogP contribution in [-0.2, 0) is 0 Å². The highest BCUT2D eigenvalue weighted by atomic mass is 35.5. The van der Waals surface area contributed by atoms with Gasteiger partial charge < -0.3 is 25.2 Å². The second-order valence-corrected chi connectivity index (χ2v) is 10.1. The zero-order valence-electron chi connectivity index (χ0n) is 20.5. The first-order valence-corrected chi connectivity index (χ1v) is 12.2. The lowest BCUT2D eigenvalue weighted by Crippen LogP contribution is -2.33. The van der Waals surface area contributed by atoms with Crippen molar-refractivity contribution in [2.45, 2.75) is 27.7 Å². The van der Waals surface area contributed by atoms with E-state index in [0.717, 1.165) is 6.07 Å². The Hall–Kier alpha value is -3.23. The van der Waals surface area contributed by atoms with Gasteiger partial charge in [-0.25, -0.2) is 14.0 Å². The molecule has 0 atom stereocenters. The van der Waals surface area contributed by atoms with Gasteiger partial charge >= 0.3 is 12.0 Å². The van der Waals surface area contributed by atoms with E-state index in [0.29, 0.717) is 47.0 Å². The Balaban J connectivity index is 2.08. The molecule has 0 spiro atoms. The predicted molar refractivity (Wildman–Crippen MR) is 144 cm³/mol. The highest BCUT2D eigenvalue weighted by Gasteiger charge is 2.22. The number of amides is 2. The van der Waals surface area contributed by atoms with Crippen molar-refractivity contribution in [3.63, 3.8) is 0 Å². The number of hydrogen-bond acceptors (Lipinski definition) is 3. The number of anilines is 3. The van der Waals surface area contributed by atoms with E-state index in [-0.39, 0.29) is 16.4 Å². The average Bonchev–Trinajstić information content (AvgIpc) is 3.25. The number of carboxylic acid groups (broad SMARTS) is 1. The fraction of sp³-hybridized carbons (Fsp3) is 0.308. The molecule has 2 amide bonds. The van der Waals surface area contributed by atoms with Crippen molar-refractivity contribution >= 4 is 52.3 Å². The molecule has 36 heavy (non-hydrogen) atoms. The smallest absolute Gasteiger partial charge is 0.352 e. The molecule has 3 aromatic rings. The highest BCUT2D eigenvalue weighted by Crippen LogP contribution is 2.38. The largest absolute Gasteiger partial charge is 0.477 e. The maximum Gasteiger partial charge on any atom is 0.352 e. The molecule has 0 aliphatic heterocycles. The van der Waals surface area contributed by atoms with Crippen LogP contribution >= 0.6 is 23.2 Å². The van der Waals surface area contributed by atoms with Gasteiger partial charge in [0, 0.05) is 30.0 Å². The van der Waals surface area contributed by atoms with Gasteiger partial charge in [-0.1, -0.05) is 50.9 Å². The minimum Gasteiger partial charge on any atom is -0.477 e. The van der Waals surface area contributed by atoms with Gasteiger partial charge in [0.25, 0.3) is 0 Å². The summed E-state index contributed by atoms with van der Waals surface area (Å²) in [5, 5.41) is 15.4. The van der Waals surface area contributed by atoms with Crippen LogP contribution < -0.4 is 15.5 Å². The normalized spacial score (nSPS) is 11.1. The fourth-order valence-electron chi connectivity index (χ4n) is 3.93. The van der Waals surface area contributed by atoms with Crippen molar-refractivity contribution < 1.29 is 19.1 Å². The number of hydrogen-bond donors (Lipinski definition) is 3. The molecule has 10 heteroatoms. The summed E-state index contributed by atoms with van der Waals surface area (Å²) in [5.74, 6) is -1.18. The van der Waals surface area contributed by atoms with Gasteiger partial charge in [-0.15, -0.1) is 0 Å². The molecule has 0 aliphatic carbocycles. The molecule has 0 saturated heterocycles. The van der Waals surface area contributed by atoms with Crippen molar-refractivity contribution in [2.24, 2.45) is 11.8 Å². The minimum atomic E-state index is -1.10. The average molecular weight is 535 g/mol. The summed E-state index contributed by atoms with van der Waals surface area (Å²) < 4.78 is 15.7. The number of rotatable bonds is 9. The van der Waals surface area contributed by atoms with Gasteiger partial charge in [-0.2, -0.15) is 0 Å². The van der Waals surface area contributed by atoms with Crippen molar-refractivity contribution in [1.29, 1.82) is 0 Å². The molecular weight excluding hydrogens is 506 g/mol. The molecule has 1 heterocycles. The molecular formula is C26H29Cl2FN4O3. The number of halogens is 3. The lowest BCUT2D eigenvalue weighted by molar-refractivity contribution is 0.0688. The third-order valence-corrected chi connectivity index (χ3v) is 5.73. The van der Waals surface area contributed by atoms with Crippen LogP contribution in [-0.4, -0.2) is 34.8 Å². The molecule has 0 fully saturated rings. The van der Waals surface area contributed by atoms with Crippen LogP contribution in [0.2, 0.25) is 10.0 Å². The number of carboxylic acids is 1. The first-order chi connectivity index (χ1) is 17.0. The van der Waals surface area contributed by atoms with Gasteiger partial charge in [0.05, 0.1) is 22.1 Å². The molecule has 3 N–H and O–H groups in total. The number of urea groups is 1. The van der Waals surface area contributed by atoms with Crippen LogP contribution in [0.4, 0.5) is 26.2 Å². The number of carbonyl (C=O) groups excluding carboxylic acids is 1. The van der Waals surface area contributed by atoms with Crippen LogP contribution in [0.1, 0.15) is 38.2 Å². The van der Waals surface area contributed by atoms with Crippen molar-refractivity contribution in [3.05, 3.63) is 70.2 Å². The van der Waals surface area contributed by atoms with E-state index >= 15 is 0 Å². The lowest BCUT2D eigenvalue weighted by atomic mass is 10.1. The molecule has 1 aromatic heterocycles. The summed E-state index contributed by atoms with van der Waals surface area (Å²) in [4.78, 5) is 26.7. The molecule has 2 aromatic carbocycles. The van der Waals surface area contributed by atoms with Crippen LogP contribution in [0, 0.1) is 17.7 Å². The van der Waals surface area contributed by atoms with Crippen LogP contribution in [0.3, 0.4) is 0 Å². The second-order valence-electron chi connectivity index (χ2n) is 9.29. The first kappa shape index (κ1) is 27.4. The summed E-state index contributed by atoms with van der Waals surface area (Å²) in [6.45, 7) is 9.66. The Kier molecular flexibility index (Phi) is 8.87. The van der Waals surface area contributed by atoms with Crippen LogP contribution in [0.25, 0.3) is 5.69 Å². The van der Waals surface area contributed by atoms with E-state index in [4.69, 9.17) is 23.2 Å². The summed E-state index contributed by atoms with van der Waals surface area (Å²) in [6, 6.07) is 9.64. The van der Waals surface area contributed by atoms with E-state index in [1.807, 2.05) is 0 Å². The second kappa shape index (κ2) is 11.7. The number of aromatic nitrogens is 1. The fourth-order valence-corrected chi connectivity index (χ4v) is 4.42. The van der Waals surface area contributed by atoms with Gasteiger partial charge in [0.15, 0.2) is 0 Å². The SMILES string of the molecule is CC(C)CN(CC(C)C)c1c(Cl)cc(-n2cccc2C(=O)O)cc1NC(=O)Nc1ccc(Cl)cc1F. The number of carbonyl (C=O) groups is 2. The number of aromatic carboxylic acids is 1. The highest BCUT2D eigenvalue weighted by molar-refractivity contribution is 6.34. The van der Waals surface area contributed by atoms with E-state index in [9.17, 15) is 19.1 Å². The molecule has 0 radical (unpaired) electrons. The molecule has 7 nitrogen and oxygen atoms in total. The molecule has 0 saturated carbocycles. The maximum atomic E-state index is 14.3. The van der Waals surface area contributed by atoms with E-state index in [1.165, 1.54) is 22.8 Å². The monoisotopic (exact) mass is 534 g/mol. The summed E-state index contributed by atoms with van der Waals surface area (Å²) >= 11 is 12.6. The topological polar surface area (TPSA) is 86.6 Å². The minimum absolute atomic E-state index is 0.0404. The van der Waals surface area contributed by atoms with Gasteiger partial charge in [0.1, 0.15) is 11.5 Å². The van der Waals surface area contributed by atoms with Crippen LogP contribution in [0.5, 0.6) is 0 Å². The Bertz CT molecular complexity index is 1250. The van der Waals surface area contributed by atoms with Gasteiger partial charge in [0.2, 0.25) is 0 Å². The van der Waals surface area contributed by atoms with Crippen molar-refractivity contribution in [3.8, 4) is 5.69 Å². The Labute approximate surface area is 219 Å². The quantitative estimate of drug-likeness (QED) is 0.267. The first-order valence-electron chi connectivity index (χ1n) is 11.5. The zero-order valence-corrected chi connectivity index (χ0v) is 22.0. The number of nitrogens with zero attached hydrogens (tertiary/aromatic N) is 2. The molecule has 0 aliphatic rings. The third kappa shape index (κ3) is 6.71. The predicted octanol–water partition coefficient (Wildman–Crippen LogP) is 7.38. The Morgan fingerprint density at radius 2 is 1.64 bits per heavy atom. The zero-order chi connectivity index (χ0) is 26.6. The lowest BCUT2D eigenvalue weighted by Gasteiger charge is -2.31. The van der Waals surface area contributed by atoms with E-state index < -0.39 is 17.8 Å². The Morgan fingerprint density at radius 3 is 2.22 bits per heavy atom. The molecule has 3 rings (SSSR count). The summed E-state index contributed by atoms with van der Waals surface area (Å²) in [5.41, 5.74) is 1.40. The Morgan fingerprint density at radius 1 is 1.00 bits per heavy atom. The molecule has 192 valence electrons. The van der Waals surface area contributed by atoms with Crippen molar-refractivity contribution in [1.82, 2.24) is 4.57 Å². The third-order valence-electron chi connectivity index (χ3n) is 5.21. The molecule has 0 unspecified atom stereocenters. The number of nitrogens with one attached hydrogen (secondary N) is 2. The molecule has 0 bridgehead atoms. The summed E-state index contributed by atoms with van der Waals surface area (Å²) in [7, 11) is 0. The van der Waals surface area contributed by atoms with Gasteiger partial charge in [-0.3, -0.25) is 0 Å². The number of benzene rings is 2. The van der Waals surface area contributed by atoms with E-state index in [2.05, 4.69) is 43.2 Å². The van der Waals surface area contributed by atoms with Gasteiger partial charge in [-0.05, 0) is 54.3 Å². The van der Waals surface area contributed by atoms with E-state index in [1.54, 1.807) is 24.4 Å². The van der Waals surface area contributed by atoms with Crippen molar-refractivity contribution in [2.75, 3.05) is 28.6 Å². The summed E-state index contributed by atoms with van der Waals surface area (Å²) in [6.07, 6.45) is 1.60.